The third-order valence-corrected chi connectivity index (χ3v) is 6.88. The summed E-state index contributed by atoms with van der Waals surface area (Å²) in [6.45, 7) is 0.152. The van der Waals surface area contributed by atoms with Crippen molar-refractivity contribution in [2.75, 3.05) is 13.2 Å². The average Bonchev–Trinajstić information content (AvgIpc) is 3.22. The Bertz CT molecular complexity index is 1280. The molecule has 2 heterocycles. The second kappa shape index (κ2) is 9.40. The predicted molar refractivity (Wildman–Crippen MR) is 117 cm³/mol. The van der Waals surface area contributed by atoms with Crippen LogP contribution in [0.1, 0.15) is 53.2 Å². The lowest BCUT2D eigenvalue weighted by Crippen LogP contribution is -2.45. The highest BCUT2D eigenvalue weighted by atomic mass is 35.5. The van der Waals surface area contributed by atoms with E-state index in [1.54, 1.807) is 4.90 Å². The van der Waals surface area contributed by atoms with Crippen LogP contribution in [-0.2, 0) is 17.5 Å². The molecule has 0 radical (unpaired) electrons. The fraction of sp³-hybridized carbons (Fsp3) is 0.455. The van der Waals surface area contributed by atoms with Gasteiger partial charge in [0.2, 0.25) is 0 Å². The number of alkyl halides is 3. The zero-order valence-electron chi connectivity index (χ0n) is 18.3. The number of benzene rings is 1. The van der Waals surface area contributed by atoms with Gasteiger partial charge in [-0.25, -0.2) is 14.4 Å². The monoisotopic (exact) mass is 515 g/mol. The molecule has 1 aromatic heterocycles. The maximum Gasteiger partial charge on any atom is 0.417 e. The molecule has 2 aliphatic rings. The summed E-state index contributed by atoms with van der Waals surface area (Å²) in [6, 6.07) is 2.57. The fourth-order valence-corrected chi connectivity index (χ4v) is 4.94. The number of carboxylic acid groups (broad SMARTS) is 1. The molecule has 1 amide bonds. The minimum absolute atomic E-state index is 0.0780. The Hall–Kier alpha value is -3.28. The van der Waals surface area contributed by atoms with E-state index in [9.17, 15) is 37.5 Å². The van der Waals surface area contributed by atoms with E-state index in [4.69, 9.17) is 16.3 Å². The molecule has 1 aliphatic heterocycles. The highest BCUT2D eigenvalue weighted by Crippen LogP contribution is 2.36. The minimum Gasteiger partial charge on any atom is -0.477 e. The van der Waals surface area contributed by atoms with Crippen LogP contribution in [0.25, 0.3) is 0 Å². The van der Waals surface area contributed by atoms with E-state index in [0.717, 1.165) is 22.9 Å². The van der Waals surface area contributed by atoms with Crippen LogP contribution >= 0.6 is 11.6 Å². The van der Waals surface area contributed by atoms with Crippen molar-refractivity contribution in [2.24, 2.45) is 0 Å². The van der Waals surface area contributed by atoms with Crippen LogP contribution in [0.2, 0.25) is 5.02 Å². The van der Waals surface area contributed by atoms with Crippen LogP contribution in [0, 0.1) is 0 Å². The first-order chi connectivity index (χ1) is 16.5. The quantitative estimate of drug-likeness (QED) is 0.653. The molecule has 2 fully saturated rings. The van der Waals surface area contributed by atoms with Gasteiger partial charge >= 0.3 is 23.9 Å². The van der Waals surface area contributed by atoms with Crippen molar-refractivity contribution in [1.82, 2.24) is 14.0 Å². The van der Waals surface area contributed by atoms with E-state index in [0.29, 0.717) is 43.4 Å². The van der Waals surface area contributed by atoms with Gasteiger partial charge in [-0.05, 0) is 37.3 Å². The number of carbonyl (C=O) groups excluding carboxylic acids is 1. The molecule has 1 N–H and O–H groups in total. The van der Waals surface area contributed by atoms with E-state index in [-0.39, 0.29) is 11.6 Å². The molecule has 1 saturated heterocycles. The molecule has 35 heavy (non-hydrogen) atoms. The molecule has 2 aromatic rings. The highest BCUT2D eigenvalue weighted by molar-refractivity contribution is 6.32. The second-order valence-electron chi connectivity index (χ2n) is 8.48. The smallest absolute Gasteiger partial charge is 0.417 e. The number of halogens is 4. The van der Waals surface area contributed by atoms with Gasteiger partial charge in [0.05, 0.1) is 23.7 Å². The van der Waals surface area contributed by atoms with Gasteiger partial charge in [0.1, 0.15) is 12.2 Å². The first kappa shape index (κ1) is 24.8. The highest BCUT2D eigenvalue weighted by Gasteiger charge is 2.35. The third-order valence-electron chi connectivity index (χ3n) is 6.43. The van der Waals surface area contributed by atoms with Crippen molar-refractivity contribution in [3.8, 4) is 0 Å². The molecule has 13 heteroatoms. The van der Waals surface area contributed by atoms with Crippen molar-refractivity contribution in [3.05, 3.63) is 66.9 Å². The van der Waals surface area contributed by atoms with Gasteiger partial charge in [0, 0.05) is 18.3 Å². The maximum absolute atomic E-state index is 13.2. The van der Waals surface area contributed by atoms with Crippen LogP contribution in [-0.4, -0.2) is 50.4 Å². The van der Waals surface area contributed by atoms with Crippen molar-refractivity contribution < 1.29 is 32.6 Å². The first-order valence-electron chi connectivity index (χ1n) is 10.9. The van der Waals surface area contributed by atoms with E-state index in [1.165, 1.54) is 6.07 Å². The van der Waals surface area contributed by atoms with Gasteiger partial charge in [0.25, 0.3) is 5.56 Å². The zero-order valence-corrected chi connectivity index (χ0v) is 19.0. The Labute approximate surface area is 201 Å². The molecule has 4 rings (SSSR count). The zero-order chi connectivity index (χ0) is 25.5. The van der Waals surface area contributed by atoms with Gasteiger partial charge in [-0.2, -0.15) is 13.2 Å². The Morgan fingerprint density at radius 2 is 1.77 bits per heavy atom. The van der Waals surface area contributed by atoms with Gasteiger partial charge < -0.3 is 14.7 Å². The predicted octanol–water partition coefficient (Wildman–Crippen LogP) is 3.36. The van der Waals surface area contributed by atoms with Crippen LogP contribution in [0.4, 0.5) is 18.0 Å². The van der Waals surface area contributed by atoms with Crippen molar-refractivity contribution in [2.45, 2.75) is 50.5 Å². The van der Waals surface area contributed by atoms with Gasteiger partial charge in [0.15, 0.2) is 0 Å². The molecule has 0 unspecified atom stereocenters. The molecular formula is C22H21ClF3N3O6. The summed E-state index contributed by atoms with van der Waals surface area (Å²) in [5.41, 5.74) is -3.94. The lowest BCUT2D eigenvalue weighted by atomic mass is 9.90. The molecule has 0 bridgehead atoms. The number of amides is 1. The summed E-state index contributed by atoms with van der Waals surface area (Å²) in [7, 11) is 0. The van der Waals surface area contributed by atoms with E-state index >= 15 is 0 Å². The number of carboxylic acids is 1. The molecule has 188 valence electrons. The first-order valence-corrected chi connectivity index (χ1v) is 11.2. The lowest BCUT2D eigenvalue weighted by molar-refractivity contribution is -0.137. The Morgan fingerprint density at radius 1 is 1.11 bits per heavy atom. The summed E-state index contributed by atoms with van der Waals surface area (Å²) in [5, 5.41) is 8.86. The third kappa shape index (κ3) is 4.79. The molecule has 1 saturated carbocycles. The molecular weight excluding hydrogens is 495 g/mol. The number of aromatic nitrogens is 2. The largest absolute Gasteiger partial charge is 0.477 e. The summed E-state index contributed by atoms with van der Waals surface area (Å²) in [4.78, 5) is 51.2. The Balaban J connectivity index is 1.68. The summed E-state index contributed by atoms with van der Waals surface area (Å²) in [5.74, 6) is -1.57. The van der Waals surface area contributed by atoms with Crippen LogP contribution in [0.3, 0.4) is 0 Å². The van der Waals surface area contributed by atoms with Crippen LogP contribution in [0.5, 0.6) is 0 Å². The lowest BCUT2D eigenvalue weighted by Gasteiger charge is -2.34. The number of cyclic esters (lactones) is 1. The Kier molecular flexibility index (Phi) is 6.67. The fourth-order valence-electron chi connectivity index (χ4n) is 4.65. The number of ether oxygens (including phenoxy) is 1. The van der Waals surface area contributed by atoms with Gasteiger partial charge in [-0.3, -0.25) is 13.9 Å². The number of nitrogens with zero attached hydrogens (tertiary/aromatic N) is 3. The van der Waals surface area contributed by atoms with Crippen LogP contribution in [0.15, 0.2) is 34.0 Å². The maximum atomic E-state index is 13.2. The molecule has 1 aromatic carbocycles. The number of carbonyl (C=O) groups is 2. The number of rotatable bonds is 5. The van der Waals surface area contributed by atoms with Gasteiger partial charge in [-0.1, -0.05) is 23.7 Å². The summed E-state index contributed by atoms with van der Waals surface area (Å²) < 4.78 is 46.4. The van der Waals surface area contributed by atoms with Gasteiger partial charge in [-0.15, -0.1) is 0 Å². The normalized spacial score (nSPS) is 20.7. The summed E-state index contributed by atoms with van der Waals surface area (Å²) in [6.07, 6.45) is -2.24. The number of hydrogen-bond donors (Lipinski definition) is 1. The van der Waals surface area contributed by atoms with Crippen molar-refractivity contribution in [3.63, 3.8) is 0 Å². The van der Waals surface area contributed by atoms with E-state index < -0.39 is 58.2 Å². The molecule has 9 nitrogen and oxygen atoms in total. The number of hydrogen-bond acceptors (Lipinski definition) is 5. The molecule has 0 spiro atoms. The summed E-state index contributed by atoms with van der Waals surface area (Å²) >= 11 is 5.93. The average molecular weight is 516 g/mol. The Morgan fingerprint density at radius 3 is 2.34 bits per heavy atom. The minimum atomic E-state index is -4.75. The SMILES string of the molecule is O=C(O)c1cn(C2CCC(N3CCOC3=O)CC2)c(=O)n(Cc2cccc(C(F)(F)F)c2Cl)c1=O. The number of aromatic carboxylic acids is 1. The van der Waals surface area contributed by atoms with E-state index in [1.807, 2.05) is 0 Å². The van der Waals surface area contributed by atoms with Crippen LogP contribution < -0.4 is 11.2 Å². The van der Waals surface area contributed by atoms with Crippen molar-refractivity contribution >= 4 is 23.7 Å². The second-order valence-corrected chi connectivity index (χ2v) is 8.85. The van der Waals surface area contributed by atoms with Crippen molar-refractivity contribution in [1.29, 1.82) is 0 Å². The molecule has 1 aliphatic carbocycles. The van der Waals surface area contributed by atoms with E-state index in [2.05, 4.69) is 0 Å². The standard InChI is InChI=1S/C22H21ClF3N3O6/c23-17-12(2-1-3-16(17)22(24,25)26)10-29-18(30)15(19(31)32)11-28(20(29)33)14-6-4-13(5-7-14)27-8-9-35-21(27)34/h1-3,11,13-14H,4-10H2,(H,31,32). The topological polar surface area (TPSA) is 111 Å². The molecule has 0 atom stereocenters.